The normalized spacial score (nSPS) is 17.8. The monoisotopic (exact) mass is 426 g/mol. The first-order valence-electron chi connectivity index (χ1n) is 8.64. The number of carbonyl (C=O) groups excluding carboxylic acids is 1. The Morgan fingerprint density at radius 2 is 1.81 bits per heavy atom. The van der Waals surface area contributed by atoms with E-state index >= 15 is 0 Å². The maximum absolute atomic E-state index is 12.9. The van der Waals surface area contributed by atoms with Gasteiger partial charge < -0.3 is 4.90 Å². The molecule has 0 saturated carbocycles. The molecule has 1 aromatic rings. The lowest BCUT2D eigenvalue weighted by atomic mass is 10.0. The molecule has 1 fully saturated rings. The molecule has 1 unspecified atom stereocenters. The van der Waals surface area contributed by atoms with Gasteiger partial charge in [-0.3, -0.25) is 4.79 Å². The Morgan fingerprint density at radius 3 is 2.33 bits per heavy atom. The van der Waals surface area contributed by atoms with Crippen molar-refractivity contribution >= 4 is 27.5 Å². The second-order valence-corrected chi connectivity index (χ2v) is 8.88. The lowest BCUT2D eigenvalue weighted by molar-refractivity contribution is -0.138. The summed E-state index contributed by atoms with van der Waals surface area (Å²) in [5, 5.41) is -0.266. The number of alkyl halides is 3. The van der Waals surface area contributed by atoms with Gasteiger partial charge in [0.25, 0.3) is 0 Å². The van der Waals surface area contributed by atoms with Crippen LogP contribution in [-0.2, 0) is 21.0 Å². The van der Waals surface area contributed by atoms with E-state index in [1.807, 2.05) is 13.8 Å². The molecule has 1 saturated heterocycles. The molecule has 0 aromatic heterocycles. The summed E-state index contributed by atoms with van der Waals surface area (Å²) < 4.78 is 65.4. The van der Waals surface area contributed by atoms with E-state index in [0.29, 0.717) is 6.07 Å². The maximum atomic E-state index is 12.9. The van der Waals surface area contributed by atoms with Crippen molar-refractivity contribution in [2.24, 2.45) is 5.92 Å². The highest BCUT2D eigenvalue weighted by Gasteiger charge is 2.36. The third-order valence-corrected chi connectivity index (χ3v) is 6.95. The molecule has 2 rings (SSSR count). The van der Waals surface area contributed by atoms with E-state index in [-0.39, 0.29) is 43.0 Å². The highest BCUT2D eigenvalue weighted by atomic mass is 35.5. The van der Waals surface area contributed by atoms with Gasteiger partial charge in [-0.05, 0) is 24.6 Å². The van der Waals surface area contributed by atoms with Crippen molar-refractivity contribution in [2.75, 3.05) is 26.2 Å². The zero-order chi connectivity index (χ0) is 20.4. The predicted octanol–water partition coefficient (Wildman–Crippen LogP) is 3.63. The Balaban J connectivity index is 2.17. The number of nitrogens with zero attached hydrogens (tertiary/aromatic N) is 2. The second kappa shape index (κ2) is 8.36. The fourth-order valence-electron chi connectivity index (χ4n) is 3.03. The molecule has 10 heteroatoms. The molecule has 152 valence electrons. The molecule has 1 amide bonds. The first-order chi connectivity index (χ1) is 12.5. The molecule has 0 aliphatic carbocycles. The number of hydrogen-bond donors (Lipinski definition) is 0. The summed E-state index contributed by atoms with van der Waals surface area (Å²) in [7, 11) is -4.19. The van der Waals surface area contributed by atoms with Gasteiger partial charge in [0.15, 0.2) is 0 Å². The summed E-state index contributed by atoms with van der Waals surface area (Å²) in [5.74, 6) is -0.179. The summed E-state index contributed by atoms with van der Waals surface area (Å²) in [5.41, 5.74) is -1.08. The zero-order valence-electron chi connectivity index (χ0n) is 15.1. The van der Waals surface area contributed by atoms with E-state index in [1.54, 1.807) is 4.90 Å². The van der Waals surface area contributed by atoms with Crippen LogP contribution >= 0.6 is 11.6 Å². The fourth-order valence-corrected chi connectivity index (χ4v) is 4.96. The number of halogens is 4. The molecule has 0 spiro atoms. The minimum absolute atomic E-state index is 0.0134. The Bertz CT molecular complexity index is 791. The number of sulfonamides is 1. The van der Waals surface area contributed by atoms with Crippen LogP contribution in [0.15, 0.2) is 23.1 Å². The van der Waals surface area contributed by atoms with Crippen LogP contribution < -0.4 is 0 Å². The number of piperazine rings is 1. The topological polar surface area (TPSA) is 57.7 Å². The van der Waals surface area contributed by atoms with Gasteiger partial charge in [0.05, 0.1) is 10.6 Å². The molecule has 5 nitrogen and oxygen atoms in total. The quantitative estimate of drug-likeness (QED) is 0.722. The van der Waals surface area contributed by atoms with Gasteiger partial charge in [-0.1, -0.05) is 31.9 Å². The van der Waals surface area contributed by atoms with Crippen molar-refractivity contribution < 1.29 is 26.4 Å². The molecule has 1 aromatic carbocycles. The smallest absolute Gasteiger partial charge is 0.340 e. The van der Waals surface area contributed by atoms with E-state index < -0.39 is 26.7 Å². The summed E-state index contributed by atoms with van der Waals surface area (Å²) in [4.78, 5) is 13.4. The molecule has 1 heterocycles. The fraction of sp³-hybridized carbons (Fsp3) is 0.588. The summed E-state index contributed by atoms with van der Waals surface area (Å²) >= 11 is 5.87. The molecular formula is C17H22ClF3N2O3S. The Labute approximate surface area is 162 Å². The van der Waals surface area contributed by atoms with Crippen LogP contribution in [0.5, 0.6) is 0 Å². The minimum atomic E-state index is -4.67. The molecule has 27 heavy (non-hydrogen) atoms. The summed E-state index contributed by atoms with van der Waals surface area (Å²) in [6, 6.07) is 2.23. The average molecular weight is 427 g/mol. The van der Waals surface area contributed by atoms with Gasteiger partial charge in [0.2, 0.25) is 15.9 Å². The number of carbonyl (C=O) groups is 1. The van der Waals surface area contributed by atoms with E-state index in [4.69, 9.17) is 11.6 Å². The second-order valence-electron chi connectivity index (χ2n) is 6.56. The van der Waals surface area contributed by atoms with Crippen molar-refractivity contribution in [3.05, 3.63) is 28.8 Å². The lowest BCUT2D eigenvalue weighted by Crippen LogP contribution is -2.51. The lowest BCUT2D eigenvalue weighted by Gasteiger charge is -2.35. The summed E-state index contributed by atoms with van der Waals surface area (Å²) in [6.07, 6.45) is -3.05. The SMILES string of the molecule is CCCC(C)C(=O)N1CCN(S(=O)(=O)c2cc(C(F)(F)F)ccc2Cl)CC1. The maximum Gasteiger partial charge on any atom is 0.416 e. The molecule has 0 N–H and O–H groups in total. The van der Waals surface area contributed by atoms with Crippen LogP contribution in [0, 0.1) is 5.92 Å². The van der Waals surface area contributed by atoms with Crippen LogP contribution in [0.2, 0.25) is 5.02 Å². The average Bonchev–Trinajstić information content (AvgIpc) is 2.60. The number of amides is 1. The van der Waals surface area contributed by atoms with Gasteiger partial charge in [-0.15, -0.1) is 0 Å². The van der Waals surface area contributed by atoms with Crippen LogP contribution in [0.1, 0.15) is 32.3 Å². The van der Waals surface area contributed by atoms with Crippen LogP contribution in [-0.4, -0.2) is 49.7 Å². The van der Waals surface area contributed by atoms with Gasteiger partial charge in [-0.2, -0.15) is 17.5 Å². The Morgan fingerprint density at radius 1 is 1.22 bits per heavy atom. The molecule has 0 radical (unpaired) electrons. The molecule has 1 aliphatic rings. The highest BCUT2D eigenvalue weighted by molar-refractivity contribution is 7.89. The molecule has 0 bridgehead atoms. The summed E-state index contributed by atoms with van der Waals surface area (Å²) in [6.45, 7) is 4.23. The minimum Gasteiger partial charge on any atom is -0.340 e. The molecule has 1 atom stereocenters. The van der Waals surface area contributed by atoms with Crippen LogP contribution in [0.4, 0.5) is 13.2 Å². The third-order valence-electron chi connectivity index (χ3n) is 4.57. The molecule has 1 aliphatic heterocycles. The van der Waals surface area contributed by atoms with Crippen molar-refractivity contribution in [1.29, 1.82) is 0 Å². The van der Waals surface area contributed by atoms with E-state index in [2.05, 4.69) is 0 Å². The van der Waals surface area contributed by atoms with Gasteiger partial charge in [0.1, 0.15) is 4.90 Å². The van der Waals surface area contributed by atoms with E-state index in [9.17, 15) is 26.4 Å². The van der Waals surface area contributed by atoms with Crippen LogP contribution in [0.25, 0.3) is 0 Å². The first kappa shape index (κ1) is 22.0. The largest absolute Gasteiger partial charge is 0.416 e. The highest BCUT2D eigenvalue weighted by Crippen LogP contribution is 2.34. The molecular weight excluding hydrogens is 405 g/mol. The Hall–Kier alpha value is -1.32. The Kier molecular flexibility index (Phi) is 6.81. The first-order valence-corrected chi connectivity index (χ1v) is 10.5. The predicted molar refractivity (Wildman–Crippen MR) is 95.9 cm³/mol. The number of benzene rings is 1. The van der Waals surface area contributed by atoms with Crippen LogP contribution in [0.3, 0.4) is 0 Å². The third kappa shape index (κ3) is 4.94. The van der Waals surface area contributed by atoms with E-state index in [0.717, 1.165) is 29.3 Å². The standard InChI is InChI=1S/C17H22ClF3N2O3S/c1-3-4-12(2)16(24)22-7-9-23(10-8-22)27(25,26)15-11-13(17(19,20)21)5-6-14(15)18/h5-6,11-12H,3-4,7-10H2,1-2H3. The number of rotatable bonds is 5. The van der Waals surface area contributed by atoms with Crippen molar-refractivity contribution in [3.8, 4) is 0 Å². The van der Waals surface area contributed by atoms with Gasteiger partial charge >= 0.3 is 6.18 Å². The van der Waals surface area contributed by atoms with E-state index in [1.165, 1.54) is 0 Å². The van der Waals surface area contributed by atoms with Crippen molar-refractivity contribution in [2.45, 2.75) is 37.8 Å². The van der Waals surface area contributed by atoms with Crippen molar-refractivity contribution in [1.82, 2.24) is 9.21 Å². The van der Waals surface area contributed by atoms with Crippen molar-refractivity contribution in [3.63, 3.8) is 0 Å². The zero-order valence-corrected chi connectivity index (χ0v) is 16.7. The van der Waals surface area contributed by atoms with Gasteiger partial charge in [-0.25, -0.2) is 8.42 Å². The number of hydrogen-bond acceptors (Lipinski definition) is 3. The van der Waals surface area contributed by atoms with Gasteiger partial charge in [0, 0.05) is 32.1 Å².